The fraction of sp³-hybridized carbons (Fsp3) is 0.0625. The molecular formula is C96H74Ir3N18O3-12. The van der Waals surface area contributed by atoms with Gasteiger partial charge in [0.25, 0.3) is 0 Å². The van der Waals surface area contributed by atoms with Crippen LogP contribution in [0.25, 0.3) is 77.2 Å². The third-order valence-electron chi connectivity index (χ3n) is 19.8. The van der Waals surface area contributed by atoms with Gasteiger partial charge in [-0.1, -0.05) is 130 Å². The van der Waals surface area contributed by atoms with E-state index in [2.05, 4.69) is 103 Å². The molecule has 0 amide bonds. The van der Waals surface area contributed by atoms with Gasteiger partial charge < -0.3 is 72.1 Å². The van der Waals surface area contributed by atoms with Crippen molar-refractivity contribution in [3.8, 4) is 11.4 Å². The Balaban J connectivity index is 0.000000112. The number of nitrogens with zero attached hydrogens (tertiary/aromatic N) is 18. The van der Waals surface area contributed by atoms with Gasteiger partial charge in [0.1, 0.15) is 45.8 Å². The van der Waals surface area contributed by atoms with Gasteiger partial charge in [0.05, 0.1) is 11.9 Å². The second kappa shape index (κ2) is 36.8. The van der Waals surface area contributed by atoms with Crippen molar-refractivity contribution in [2.24, 2.45) is 0 Å². The summed E-state index contributed by atoms with van der Waals surface area (Å²) in [6.45, 7) is 14.0. The summed E-state index contributed by atoms with van der Waals surface area (Å²) in [5, 5.41) is 6.81. The molecule has 11 aromatic carbocycles. The number of rotatable bonds is 8. The maximum atomic E-state index is 5.99. The first-order valence-electron chi connectivity index (χ1n) is 37.8. The Morgan fingerprint density at radius 2 is 0.683 bits per heavy atom. The zero-order chi connectivity index (χ0) is 79.3. The number of fused-ring (bicyclic) bond motifs is 12. The van der Waals surface area contributed by atoms with Gasteiger partial charge in [-0.05, 0) is 115 Å². The van der Waals surface area contributed by atoms with Crippen molar-refractivity contribution in [2.75, 3.05) is 79.3 Å². The predicted molar refractivity (Wildman–Crippen MR) is 466 cm³/mol. The van der Waals surface area contributed by atoms with Crippen LogP contribution in [-0.2, 0) is 60.3 Å². The number of anilines is 13. The molecule has 6 aliphatic rings. The van der Waals surface area contributed by atoms with Gasteiger partial charge >= 0.3 is 0 Å². The molecule has 21 nitrogen and oxygen atoms in total. The van der Waals surface area contributed by atoms with Crippen molar-refractivity contribution < 1.29 is 73.6 Å². The van der Waals surface area contributed by atoms with E-state index < -0.39 is 0 Å². The van der Waals surface area contributed by atoms with E-state index in [1.54, 1.807) is 24.8 Å². The van der Waals surface area contributed by atoms with Crippen molar-refractivity contribution in [2.45, 2.75) is 6.92 Å². The van der Waals surface area contributed by atoms with Crippen molar-refractivity contribution in [3.63, 3.8) is 0 Å². The van der Waals surface area contributed by atoms with Crippen LogP contribution in [0.2, 0.25) is 0 Å². The van der Waals surface area contributed by atoms with Gasteiger partial charge in [0.2, 0.25) is 0 Å². The second-order valence-electron chi connectivity index (χ2n) is 27.7. The molecule has 6 aliphatic heterocycles. The number of aryl methyl sites for hydroxylation is 1. The van der Waals surface area contributed by atoms with Gasteiger partial charge in [0, 0.05) is 129 Å². The number of hydrogen-bond acceptors (Lipinski definition) is 21. The summed E-state index contributed by atoms with van der Waals surface area (Å²) in [4.78, 5) is 51.0. The van der Waals surface area contributed by atoms with Crippen molar-refractivity contribution in [3.05, 3.63) is 387 Å². The van der Waals surface area contributed by atoms with Crippen LogP contribution in [0.4, 0.5) is 74.6 Å². The molecule has 0 saturated heterocycles. The van der Waals surface area contributed by atoms with Crippen LogP contribution in [0.3, 0.4) is 0 Å². The summed E-state index contributed by atoms with van der Waals surface area (Å²) >= 11 is 0. The zero-order valence-corrected chi connectivity index (χ0v) is 72.8. The van der Waals surface area contributed by atoms with Crippen molar-refractivity contribution >= 4 is 140 Å². The van der Waals surface area contributed by atoms with E-state index in [4.69, 9.17) is 18.2 Å². The summed E-state index contributed by atoms with van der Waals surface area (Å²) in [6.07, 6.45) is 20.7. The molecule has 605 valence electrons. The molecule has 23 rings (SSSR count). The van der Waals surface area contributed by atoms with Crippen molar-refractivity contribution in [1.82, 2.24) is 44.6 Å². The molecule has 0 spiro atoms. The van der Waals surface area contributed by atoms with Gasteiger partial charge in [-0.3, -0.25) is 0 Å². The standard InChI is InChI=1S/C19H16N4.C17H12N4.3C16H12N2O.C12H10N4.3Ir/c1-14-8-6-7-11-16(14)18-20-12-17-19(21-18)22(2)13-23(17)15-9-4-3-5-10-15;1-3-7-14(8-4-1)20-13-21(15-9-5-2-6-10-15)17-16(20)18-11-12-19-17;3*1-17-9-10-18(11-17)14-7-4-6-13-12-5-2-3-8-15(12)19-16(13)14;1-15-9-16(10-5-3-2-4-6-10)12-11(15)13-7-8-14-12;;;/h3-9,11-13H,1-2H3;1-9,11-13H;3*2-6,8-11H,1H3;2-5,7-9H,1H3;;;/q6*-2;;;. The number of aromatic nitrogens is 6. The first-order chi connectivity index (χ1) is 57.5. The van der Waals surface area contributed by atoms with Crippen LogP contribution >= 0.6 is 0 Å². The summed E-state index contributed by atoms with van der Waals surface area (Å²) in [5.41, 5.74) is 15.3. The third-order valence-corrected chi connectivity index (χ3v) is 19.8. The van der Waals surface area contributed by atoms with Crippen LogP contribution in [0.5, 0.6) is 0 Å². The van der Waals surface area contributed by atoms with E-state index in [1.807, 2.05) is 379 Å². The first kappa shape index (κ1) is 82.0. The Hall–Kier alpha value is -13.2. The maximum absolute atomic E-state index is 5.99. The molecule has 0 fully saturated rings. The Bertz CT molecular complexity index is 6090. The number of para-hydroxylation sites is 7. The Kier molecular flexibility index (Phi) is 25.1. The summed E-state index contributed by atoms with van der Waals surface area (Å²) in [7, 11) is 9.94. The van der Waals surface area contributed by atoms with E-state index in [-0.39, 0.29) is 60.3 Å². The van der Waals surface area contributed by atoms with E-state index in [1.165, 1.54) is 5.56 Å². The molecule has 0 N–H and O–H groups in total. The minimum atomic E-state index is 0. The quantitative estimate of drug-likeness (QED) is 0.132. The number of benzene rings is 11. The fourth-order valence-corrected chi connectivity index (χ4v) is 14.2. The molecule has 0 bridgehead atoms. The van der Waals surface area contributed by atoms with Gasteiger partial charge in [-0.2, -0.15) is 172 Å². The Labute approximate surface area is 737 Å². The zero-order valence-electron chi connectivity index (χ0n) is 65.6. The van der Waals surface area contributed by atoms with Gasteiger partial charge in [-0.25, -0.2) is 29.9 Å². The average Bonchev–Trinajstić information content (AvgIpc) is 1.93. The molecule has 0 saturated carbocycles. The van der Waals surface area contributed by atoms with E-state index in [0.717, 1.165) is 152 Å². The first-order valence-corrected chi connectivity index (χ1v) is 37.8. The molecule has 24 heteroatoms. The van der Waals surface area contributed by atoms with Crippen LogP contribution in [0.1, 0.15) is 5.56 Å². The van der Waals surface area contributed by atoms with Crippen LogP contribution in [0.15, 0.2) is 318 Å². The average molecular weight is 2100 g/mol. The molecule has 12 heterocycles. The minimum absolute atomic E-state index is 0. The summed E-state index contributed by atoms with van der Waals surface area (Å²) in [6, 6.07) is 97.5. The summed E-state index contributed by atoms with van der Waals surface area (Å²) in [5.74, 6) is 4.98. The van der Waals surface area contributed by atoms with Gasteiger partial charge in [-0.15, -0.1) is 30.4 Å². The van der Waals surface area contributed by atoms with Crippen LogP contribution in [-0.4, -0.2) is 79.8 Å². The molecule has 6 aromatic heterocycles. The minimum Gasteiger partial charge on any atom is -0.514 e. The van der Waals surface area contributed by atoms with Crippen LogP contribution in [0, 0.1) is 83.3 Å². The van der Waals surface area contributed by atoms with E-state index in [9.17, 15) is 0 Å². The van der Waals surface area contributed by atoms with Crippen molar-refractivity contribution in [1.29, 1.82) is 0 Å². The van der Waals surface area contributed by atoms with E-state index >= 15 is 0 Å². The summed E-state index contributed by atoms with van der Waals surface area (Å²) < 4.78 is 18.0. The molecule has 0 aliphatic carbocycles. The van der Waals surface area contributed by atoms with E-state index in [0.29, 0.717) is 0 Å². The molecule has 120 heavy (non-hydrogen) atoms. The SMILES string of the molecule is CN1C=CN(c2[c-]ccc3c2oc2ccccc23)[CH-]1.CN1C=CN(c2[c-]ccc3c2oc2ccccc23)[CH-]1.CN1C=CN(c2[c-]ccc3c2oc2ccccc23)[CH-]1.CN1[CH-]N(c2[c-]cccc2)c2nccnc21.Cc1ccccc1-c1ncc2c(n1)N(C)[CH-]N2c1[c-]cccc1.[Ir].[Ir].[Ir].[c-]1ccccc1N1[CH-]N(c2ccccc2)c2nccnc21. The Morgan fingerprint density at radius 3 is 1.12 bits per heavy atom. The smallest absolute Gasteiger partial charge is 0.161 e. The Morgan fingerprint density at radius 1 is 0.308 bits per heavy atom. The molecule has 17 aromatic rings. The maximum Gasteiger partial charge on any atom is 0.161 e. The largest absolute Gasteiger partial charge is 0.514 e. The third kappa shape index (κ3) is 16.9. The topological polar surface area (TPSA) is 156 Å². The second-order valence-corrected chi connectivity index (χ2v) is 27.7. The monoisotopic (exact) mass is 2110 g/mol. The molecule has 0 atom stereocenters. The van der Waals surface area contributed by atoms with Crippen LogP contribution < -0.4 is 44.1 Å². The molecular weight excluding hydrogens is 2030 g/mol. The molecule has 3 radical (unpaired) electrons. The number of furan rings is 3. The molecule has 0 unspecified atom stereocenters. The predicted octanol–water partition coefficient (Wildman–Crippen LogP) is 20.8. The number of hydrogen-bond donors (Lipinski definition) is 0. The van der Waals surface area contributed by atoms with Gasteiger partial charge in [0.15, 0.2) is 5.82 Å². The fourth-order valence-electron chi connectivity index (χ4n) is 14.2. The normalized spacial score (nSPS) is 13.9.